The minimum Gasteiger partial charge on any atom is -0.463 e. The summed E-state index contributed by atoms with van der Waals surface area (Å²) in [7, 11) is 0. The van der Waals surface area contributed by atoms with Gasteiger partial charge in [0, 0.05) is 13.0 Å². The molecule has 8 heteroatoms. The van der Waals surface area contributed by atoms with Crippen molar-refractivity contribution in [3.8, 4) is 0 Å². The van der Waals surface area contributed by atoms with Crippen LogP contribution in [-0.2, 0) is 38.0 Å². The highest BCUT2D eigenvalue weighted by molar-refractivity contribution is 5.69. The van der Waals surface area contributed by atoms with Crippen molar-refractivity contribution in [3.05, 3.63) is 0 Å². The summed E-state index contributed by atoms with van der Waals surface area (Å²) in [6, 6.07) is 0. The molecule has 0 N–H and O–H groups in total. The van der Waals surface area contributed by atoms with Crippen LogP contribution in [0.2, 0.25) is 0 Å². The molecule has 0 radical (unpaired) electrons. The van der Waals surface area contributed by atoms with Crippen LogP contribution < -0.4 is 0 Å². The molecule has 0 unspecified atom stereocenters. The first-order valence-electron chi connectivity index (χ1n) is 12.4. The average molecular weight is 465 g/mol. The molecule has 0 aliphatic rings. The third-order valence-electron chi connectivity index (χ3n) is 4.48. The minimum absolute atomic E-state index is 0.137. The van der Waals surface area contributed by atoms with E-state index in [1.54, 1.807) is 0 Å². The Balaban J connectivity index is 3.08. The molecule has 0 saturated carbocycles. The SMILES string of the molecule is CCCCCCCC(=O)OCCOCCOCCOCCOCCOCCOCCCC. The van der Waals surface area contributed by atoms with E-state index in [4.69, 9.17) is 33.2 Å². The molecule has 0 amide bonds. The molecule has 0 aromatic carbocycles. The van der Waals surface area contributed by atoms with E-state index in [9.17, 15) is 4.79 Å². The predicted molar refractivity (Wildman–Crippen MR) is 124 cm³/mol. The van der Waals surface area contributed by atoms with Crippen molar-refractivity contribution in [2.45, 2.75) is 65.2 Å². The molecular formula is C24H48O8. The Bertz CT molecular complexity index is 368. The number of hydrogen-bond donors (Lipinski definition) is 0. The summed E-state index contributed by atoms with van der Waals surface area (Å²) in [6.07, 6.45) is 8.38. The molecule has 8 nitrogen and oxygen atoms in total. The second kappa shape index (κ2) is 28.3. The zero-order valence-corrected chi connectivity index (χ0v) is 20.6. The first-order chi connectivity index (χ1) is 15.8. The largest absolute Gasteiger partial charge is 0.463 e. The zero-order chi connectivity index (χ0) is 23.4. The smallest absolute Gasteiger partial charge is 0.305 e. The van der Waals surface area contributed by atoms with Crippen molar-refractivity contribution in [1.82, 2.24) is 0 Å². The lowest BCUT2D eigenvalue weighted by molar-refractivity contribution is -0.145. The summed E-state index contributed by atoms with van der Waals surface area (Å²) in [4.78, 5) is 11.5. The van der Waals surface area contributed by atoms with Crippen LogP contribution in [0.15, 0.2) is 0 Å². The third-order valence-corrected chi connectivity index (χ3v) is 4.48. The maximum absolute atomic E-state index is 11.5. The summed E-state index contributed by atoms with van der Waals surface area (Å²) >= 11 is 0. The number of ether oxygens (including phenoxy) is 7. The molecule has 0 aliphatic heterocycles. The van der Waals surface area contributed by atoms with E-state index >= 15 is 0 Å². The molecule has 0 aromatic rings. The van der Waals surface area contributed by atoms with Crippen molar-refractivity contribution < 1.29 is 38.0 Å². The van der Waals surface area contributed by atoms with Crippen molar-refractivity contribution in [2.75, 3.05) is 85.9 Å². The lowest BCUT2D eigenvalue weighted by Gasteiger charge is -2.08. The van der Waals surface area contributed by atoms with E-state index in [1.165, 1.54) is 19.3 Å². The molecule has 0 heterocycles. The molecule has 192 valence electrons. The summed E-state index contributed by atoms with van der Waals surface area (Å²) in [5, 5.41) is 0. The quantitative estimate of drug-likeness (QED) is 0.134. The van der Waals surface area contributed by atoms with Gasteiger partial charge in [0.05, 0.1) is 72.7 Å². The standard InChI is InChI=1S/C24H48O8/c1-3-5-7-8-9-10-24(25)32-23-22-31-21-20-30-19-18-29-17-16-28-15-14-27-13-12-26-11-6-4-2/h3-23H2,1-2H3. The van der Waals surface area contributed by atoms with Crippen LogP contribution in [0.3, 0.4) is 0 Å². The molecule has 0 spiro atoms. The first-order valence-corrected chi connectivity index (χ1v) is 12.4. The summed E-state index contributed by atoms with van der Waals surface area (Å²) in [5.74, 6) is -0.137. The lowest BCUT2D eigenvalue weighted by atomic mass is 10.1. The first kappa shape index (κ1) is 31.2. The molecule has 0 aromatic heterocycles. The molecule has 0 saturated heterocycles. The maximum Gasteiger partial charge on any atom is 0.305 e. The zero-order valence-electron chi connectivity index (χ0n) is 20.6. The fraction of sp³-hybridized carbons (Fsp3) is 0.958. The predicted octanol–water partition coefficient (Wildman–Crippen LogP) is 3.79. The highest BCUT2D eigenvalue weighted by atomic mass is 16.6. The van der Waals surface area contributed by atoms with Gasteiger partial charge in [-0.1, -0.05) is 46.0 Å². The van der Waals surface area contributed by atoms with Gasteiger partial charge < -0.3 is 33.2 Å². The molecule has 0 fully saturated rings. The normalized spacial score (nSPS) is 11.2. The second-order valence-electron chi connectivity index (χ2n) is 7.41. The second-order valence-corrected chi connectivity index (χ2v) is 7.41. The van der Waals surface area contributed by atoms with Crippen LogP contribution in [0.25, 0.3) is 0 Å². The van der Waals surface area contributed by atoms with Gasteiger partial charge in [0.15, 0.2) is 0 Å². The summed E-state index contributed by atoms with van der Waals surface area (Å²) in [5.41, 5.74) is 0. The topological polar surface area (TPSA) is 81.7 Å². The van der Waals surface area contributed by atoms with Gasteiger partial charge in [-0.2, -0.15) is 0 Å². The van der Waals surface area contributed by atoms with Gasteiger partial charge in [-0.05, 0) is 12.8 Å². The van der Waals surface area contributed by atoms with E-state index in [0.717, 1.165) is 32.3 Å². The van der Waals surface area contributed by atoms with E-state index in [0.29, 0.717) is 85.7 Å². The average Bonchev–Trinajstić information content (AvgIpc) is 2.80. The fourth-order valence-corrected chi connectivity index (χ4v) is 2.61. The molecular weight excluding hydrogens is 416 g/mol. The lowest BCUT2D eigenvalue weighted by Crippen LogP contribution is -2.15. The Morgan fingerprint density at radius 1 is 0.438 bits per heavy atom. The van der Waals surface area contributed by atoms with Crippen molar-refractivity contribution in [1.29, 1.82) is 0 Å². The van der Waals surface area contributed by atoms with E-state index in [2.05, 4.69) is 13.8 Å². The minimum atomic E-state index is -0.137. The van der Waals surface area contributed by atoms with Gasteiger partial charge in [-0.25, -0.2) is 0 Å². The van der Waals surface area contributed by atoms with Crippen LogP contribution in [0.4, 0.5) is 0 Å². The Hall–Kier alpha value is -0.770. The van der Waals surface area contributed by atoms with Crippen LogP contribution in [-0.4, -0.2) is 91.9 Å². The van der Waals surface area contributed by atoms with Crippen LogP contribution in [0.5, 0.6) is 0 Å². The number of rotatable bonds is 27. The third kappa shape index (κ3) is 27.3. The van der Waals surface area contributed by atoms with Crippen molar-refractivity contribution in [2.24, 2.45) is 0 Å². The Kier molecular flexibility index (Phi) is 27.6. The van der Waals surface area contributed by atoms with Gasteiger partial charge in [-0.15, -0.1) is 0 Å². The maximum atomic E-state index is 11.5. The number of carbonyl (C=O) groups excluding carboxylic acids is 1. The van der Waals surface area contributed by atoms with Gasteiger partial charge >= 0.3 is 5.97 Å². The highest BCUT2D eigenvalue weighted by Gasteiger charge is 2.02. The van der Waals surface area contributed by atoms with Gasteiger partial charge in [0.2, 0.25) is 0 Å². The Morgan fingerprint density at radius 2 is 0.812 bits per heavy atom. The molecule has 0 atom stereocenters. The highest BCUT2D eigenvalue weighted by Crippen LogP contribution is 2.05. The molecule has 32 heavy (non-hydrogen) atoms. The fourth-order valence-electron chi connectivity index (χ4n) is 2.61. The number of hydrogen-bond acceptors (Lipinski definition) is 8. The van der Waals surface area contributed by atoms with Crippen LogP contribution in [0, 0.1) is 0 Å². The van der Waals surface area contributed by atoms with E-state index < -0.39 is 0 Å². The molecule has 0 rings (SSSR count). The summed E-state index contributed by atoms with van der Waals surface area (Å²) in [6.45, 7) is 11.3. The Morgan fingerprint density at radius 3 is 1.25 bits per heavy atom. The number of unbranched alkanes of at least 4 members (excludes halogenated alkanes) is 5. The van der Waals surface area contributed by atoms with Gasteiger partial charge in [-0.3, -0.25) is 4.79 Å². The van der Waals surface area contributed by atoms with E-state index in [-0.39, 0.29) is 5.97 Å². The number of carbonyl (C=O) groups is 1. The van der Waals surface area contributed by atoms with Crippen molar-refractivity contribution >= 4 is 5.97 Å². The van der Waals surface area contributed by atoms with Gasteiger partial charge in [0.1, 0.15) is 6.61 Å². The monoisotopic (exact) mass is 464 g/mol. The van der Waals surface area contributed by atoms with Crippen LogP contribution in [0.1, 0.15) is 65.2 Å². The van der Waals surface area contributed by atoms with Crippen LogP contribution >= 0.6 is 0 Å². The number of esters is 1. The van der Waals surface area contributed by atoms with Gasteiger partial charge in [0.25, 0.3) is 0 Å². The summed E-state index contributed by atoms with van der Waals surface area (Å²) < 4.78 is 37.6. The van der Waals surface area contributed by atoms with E-state index in [1.807, 2.05) is 0 Å². The Labute approximate surface area is 195 Å². The van der Waals surface area contributed by atoms with Crippen molar-refractivity contribution in [3.63, 3.8) is 0 Å². The molecule has 0 aliphatic carbocycles. The molecule has 0 bridgehead atoms.